The number of ether oxygens (including phenoxy) is 3. The Morgan fingerprint density at radius 2 is 1.62 bits per heavy atom. The van der Waals surface area contributed by atoms with E-state index in [1.54, 1.807) is 0 Å². The summed E-state index contributed by atoms with van der Waals surface area (Å²) in [5, 5.41) is 2.37. The van der Waals surface area contributed by atoms with E-state index in [4.69, 9.17) is 14.2 Å². The average Bonchev–Trinajstić information content (AvgIpc) is 2.42. The number of carbonyl (C=O) groups excluding carboxylic acids is 2. The standard InChI is InChI=1S/C14H26FNO5/c1-11(2)14(18)10-21-7-5-19-4-6-20-9-13(15)8-16-12(3)17/h11,13H,4-10H2,1-3H3,(H,16,17). The maximum Gasteiger partial charge on any atom is 0.216 e. The Kier molecular flexibility index (Phi) is 12.0. The maximum absolute atomic E-state index is 13.1. The molecule has 0 heterocycles. The minimum atomic E-state index is -1.22. The second-order valence-corrected chi connectivity index (χ2v) is 4.90. The number of alkyl halides is 1. The smallest absolute Gasteiger partial charge is 0.216 e. The first-order valence-electron chi connectivity index (χ1n) is 7.08. The number of halogens is 1. The van der Waals surface area contributed by atoms with Crippen molar-refractivity contribution in [2.75, 3.05) is 46.2 Å². The summed E-state index contributed by atoms with van der Waals surface area (Å²) in [6.07, 6.45) is -1.22. The van der Waals surface area contributed by atoms with Crippen molar-refractivity contribution in [3.8, 4) is 0 Å². The Morgan fingerprint density at radius 1 is 1.05 bits per heavy atom. The molecule has 1 N–H and O–H groups in total. The molecule has 0 aliphatic carbocycles. The van der Waals surface area contributed by atoms with Gasteiger partial charge in [-0.3, -0.25) is 9.59 Å². The predicted molar refractivity (Wildman–Crippen MR) is 75.9 cm³/mol. The molecule has 21 heavy (non-hydrogen) atoms. The number of nitrogens with one attached hydrogen (secondary N) is 1. The molecule has 0 bridgehead atoms. The summed E-state index contributed by atoms with van der Waals surface area (Å²) < 4.78 is 28.5. The van der Waals surface area contributed by atoms with Crippen LogP contribution in [0.4, 0.5) is 4.39 Å². The molecule has 0 fully saturated rings. The number of ketones is 1. The van der Waals surface area contributed by atoms with E-state index in [1.165, 1.54) is 6.92 Å². The van der Waals surface area contributed by atoms with Crippen LogP contribution in [0.25, 0.3) is 0 Å². The van der Waals surface area contributed by atoms with E-state index < -0.39 is 6.17 Å². The van der Waals surface area contributed by atoms with Gasteiger partial charge in [0.25, 0.3) is 0 Å². The fourth-order valence-corrected chi connectivity index (χ4v) is 1.20. The Bertz CT molecular complexity index is 299. The summed E-state index contributed by atoms with van der Waals surface area (Å²) in [5.74, 6) is -0.228. The third-order valence-corrected chi connectivity index (χ3v) is 2.50. The van der Waals surface area contributed by atoms with Crippen LogP contribution >= 0.6 is 0 Å². The molecule has 0 aliphatic rings. The molecular formula is C14H26FNO5. The van der Waals surface area contributed by atoms with Gasteiger partial charge in [0.2, 0.25) is 5.91 Å². The van der Waals surface area contributed by atoms with Crippen molar-refractivity contribution in [2.24, 2.45) is 5.92 Å². The molecule has 1 unspecified atom stereocenters. The highest BCUT2D eigenvalue weighted by molar-refractivity contribution is 5.81. The minimum Gasteiger partial charge on any atom is -0.377 e. The van der Waals surface area contributed by atoms with E-state index in [9.17, 15) is 14.0 Å². The fourth-order valence-electron chi connectivity index (χ4n) is 1.20. The molecule has 0 saturated carbocycles. The summed E-state index contributed by atoms with van der Waals surface area (Å²) in [4.78, 5) is 21.8. The zero-order chi connectivity index (χ0) is 16.1. The van der Waals surface area contributed by atoms with Gasteiger partial charge in [-0.1, -0.05) is 13.8 Å². The Hall–Kier alpha value is -1.05. The largest absolute Gasteiger partial charge is 0.377 e. The van der Waals surface area contributed by atoms with E-state index in [1.807, 2.05) is 13.8 Å². The molecule has 124 valence electrons. The second kappa shape index (κ2) is 12.7. The van der Waals surface area contributed by atoms with Gasteiger partial charge in [-0.2, -0.15) is 0 Å². The third kappa shape index (κ3) is 13.7. The van der Waals surface area contributed by atoms with E-state index >= 15 is 0 Å². The molecule has 1 atom stereocenters. The van der Waals surface area contributed by atoms with Gasteiger partial charge in [-0.15, -0.1) is 0 Å². The van der Waals surface area contributed by atoms with Crippen LogP contribution in [0.15, 0.2) is 0 Å². The predicted octanol–water partition coefficient (Wildman–Crippen LogP) is 0.735. The lowest BCUT2D eigenvalue weighted by Gasteiger charge is -2.10. The summed E-state index contributed by atoms with van der Waals surface area (Å²) in [7, 11) is 0. The first-order valence-corrected chi connectivity index (χ1v) is 7.08. The highest BCUT2D eigenvalue weighted by Crippen LogP contribution is 1.94. The van der Waals surface area contributed by atoms with Gasteiger partial charge in [-0.25, -0.2) is 4.39 Å². The van der Waals surface area contributed by atoms with Crippen LogP contribution in [-0.2, 0) is 23.8 Å². The number of amides is 1. The van der Waals surface area contributed by atoms with Crippen molar-refractivity contribution < 1.29 is 28.2 Å². The molecule has 1 amide bonds. The van der Waals surface area contributed by atoms with Crippen molar-refractivity contribution in [3.63, 3.8) is 0 Å². The molecule has 0 aliphatic heterocycles. The zero-order valence-electron chi connectivity index (χ0n) is 13.0. The number of Topliss-reactive ketones (excluding diaryl/α,β-unsaturated/α-hetero) is 1. The van der Waals surface area contributed by atoms with Crippen LogP contribution in [0.5, 0.6) is 0 Å². The SMILES string of the molecule is CC(=O)NCC(F)COCCOCCOCC(=O)C(C)C. The topological polar surface area (TPSA) is 73.9 Å². The maximum atomic E-state index is 13.1. The van der Waals surface area contributed by atoms with E-state index in [2.05, 4.69) is 5.32 Å². The molecule has 6 nitrogen and oxygen atoms in total. The van der Waals surface area contributed by atoms with E-state index in [-0.39, 0.29) is 44.0 Å². The normalized spacial score (nSPS) is 12.4. The molecule has 0 rings (SSSR count). The van der Waals surface area contributed by atoms with Gasteiger partial charge >= 0.3 is 0 Å². The van der Waals surface area contributed by atoms with Crippen molar-refractivity contribution in [2.45, 2.75) is 26.9 Å². The van der Waals surface area contributed by atoms with Crippen molar-refractivity contribution in [1.29, 1.82) is 0 Å². The summed E-state index contributed by atoms with van der Waals surface area (Å²) >= 11 is 0. The van der Waals surface area contributed by atoms with Crippen molar-refractivity contribution >= 4 is 11.7 Å². The van der Waals surface area contributed by atoms with Crippen molar-refractivity contribution in [3.05, 3.63) is 0 Å². The number of carbonyl (C=O) groups is 2. The Morgan fingerprint density at radius 3 is 2.19 bits per heavy atom. The number of hydrogen-bond acceptors (Lipinski definition) is 5. The van der Waals surface area contributed by atoms with Gasteiger partial charge in [0.05, 0.1) is 39.6 Å². The quantitative estimate of drug-likeness (QED) is 0.508. The molecule has 0 aromatic heterocycles. The van der Waals surface area contributed by atoms with Gasteiger partial charge in [0.15, 0.2) is 5.78 Å². The molecule has 0 spiro atoms. The monoisotopic (exact) mass is 307 g/mol. The molecule has 0 aromatic carbocycles. The second-order valence-electron chi connectivity index (χ2n) is 4.90. The van der Waals surface area contributed by atoms with Gasteiger partial charge in [-0.05, 0) is 0 Å². The van der Waals surface area contributed by atoms with Crippen LogP contribution in [0.1, 0.15) is 20.8 Å². The molecule has 0 saturated heterocycles. The van der Waals surface area contributed by atoms with Gasteiger partial charge in [0, 0.05) is 12.8 Å². The number of hydrogen-bond donors (Lipinski definition) is 1. The van der Waals surface area contributed by atoms with E-state index in [0.717, 1.165) is 0 Å². The van der Waals surface area contributed by atoms with Crippen LogP contribution in [0, 0.1) is 5.92 Å². The first-order chi connectivity index (χ1) is 9.93. The van der Waals surface area contributed by atoms with Gasteiger partial charge < -0.3 is 19.5 Å². The first kappa shape index (κ1) is 19.9. The van der Waals surface area contributed by atoms with E-state index in [0.29, 0.717) is 19.8 Å². The summed E-state index contributed by atoms with van der Waals surface area (Å²) in [5.41, 5.74) is 0. The average molecular weight is 307 g/mol. The highest BCUT2D eigenvalue weighted by atomic mass is 19.1. The van der Waals surface area contributed by atoms with Crippen LogP contribution < -0.4 is 5.32 Å². The van der Waals surface area contributed by atoms with Crippen LogP contribution in [0.2, 0.25) is 0 Å². The zero-order valence-corrected chi connectivity index (χ0v) is 13.0. The lowest BCUT2D eigenvalue weighted by atomic mass is 10.1. The third-order valence-electron chi connectivity index (χ3n) is 2.50. The lowest BCUT2D eigenvalue weighted by Crippen LogP contribution is -2.30. The lowest BCUT2D eigenvalue weighted by molar-refractivity contribution is -0.127. The number of rotatable bonds is 13. The summed E-state index contributed by atoms with van der Waals surface area (Å²) in [6.45, 7) is 6.25. The van der Waals surface area contributed by atoms with Crippen LogP contribution in [-0.4, -0.2) is 64.0 Å². The molecular weight excluding hydrogens is 281 g/mol. The molecule has 0 aromatic rings. The Labute approximate surface area is 125 Å². The molecule has 7 heteroatoms. The summed E-state index contributed by atoms with van der Waals surface area (Å²) in [6, 6.07) is 0. The minimum absolute atomic E-state index is 0.0227. The van der Waals surface area contributed by atoms with Gasteiger partial charge in [0.1, 0.15) is 12.8 Å². The fraction of sp³-hybridized carbons (Fsp3) is 0.857. The highest BCUT2D eigenvalue weighted by Gasteiger charge is 2.07. The molecule has 0 radical (unpaired) electrons. The Balaban J connectivity index is 3.26. The van der Waals surface area contributed by atoms with Crippen molar-refractivity contribution in [1.82, 2.24) is 5.32 Å². The van der Waals surface area contributed by atoms with Crippen LogP contribution in [0.3, 0.4) is 0 Å².